The molecule has 0 fully saturated rings. The van der Waals surface area contributed by atoms with Crippen LogP contribution >= 0.6 is 11.6 Å². The third-order valence-electron chi connectivity index (χ3n) is 3.75. The SMILES string of the molecule is CCOc1ccc(NC(=O)c2[nH]ncc2Cl)cc1C1N=C(N)OCC1(F)F. The molecule has 1 aromatic heterocycles. The second-order valence-electron chi connectivity index (χ2n) is 5.65. The minimum Gasteiger partial charge on any atom is -0.494 e. The molecule has 1 atom stereocenters. The van der Waals surface area contributed by atoms with E-state index in [1.165, 1.54) is 24.4 Å². The minimum atomic E-state index is -3.30. The van der Waals surface area contributed by atoms with Gasteiger partial charge in [-0.25, -0.2) is 13.8 Å². The van der Waals surface area contributed by atoms with Gasteiger partial charge in [0.2, 0.25) is 0 Å². The number of aromatic amines is 1. The first-order chi connectivity index (χ1) is 12.8. The van der Waals surface area contributed by atoms with Gasteiger partial charge < -0.3 is 20.5 Å². The summed E-state index contributed by atoms with van der Waals surface area (Å²) in [6.07, 6.45) is 1.28. The molecular formula is C16H16ClF2N5O3. The lowest BCUT2D eigenvalue weighted by Gasteiger charge is -2.29. The van der Waals surface area contributed by atoms with Crippen molar-refractivity contribution in [2.45, 2.75) is 18.9 Å². The lowest BCUT2D eigenvalue weighted by molar-refractivity contribution is -0.0785. The van der Waals surface area contributed by atoms with Gasteiger partial charge in [0, 0.05) is 11.3 Å². The molecule has 1 aromatic carbocycles. The maximum absolute atomic E-state index is 14.4. The number of amides is 1. The van der Waals surface area contributed by atoms with E-state index in [0.717, 1.165) is 0 Å². The van der Waals surface area contributed by atoms with Gasteiger partial charge in [-0.05, 0) is 25.1 Å². The maximum Gasteiger partial charge on any atom is 0.307 e. The van der Waals surface area contributed by atoms with Gasteiger partial charge in [-0.15, -0.1) is 0 Å². The minimum absolute atomic E-state index is 0.0470. The second kappa shape index (κ2) is 7.39. The van der Waals surface area contributed by atoms with E-state index in [2.05, 4.69) is 25.2 Å². The molecule has 2 heterocycles. The highest BCUT2D eigenvalue weighted by Gasteiger charge is 2.46. The lowest BCUT2D eigenvalue weighted by atomic mass is 9.99. The number of carbonyl (C=O) groups excluding carboxylic acids is 1. The predicted molar refractivity (Wildman–Crippen MR) is 94.4 cm³/mol. The number of alkyl halides is 2. The Morgan fingerprint density at radius 1 is 1.56 bits per heavy atom. The van der Waals surface area contributed by atoms with Crippen molar-refractivity contribution in [3.63, 3.8) is 0 Å². The van der Waals surface area contributed by atoms with Gasteiger partial charge in [0.25, 0.3) is 11.9 Å². The fourth-order valence-corrected chi connectivity index (χ4v) is 2.73. The molecule has 0 radical (unpaired) electrons. The number of halogens is 3. The Morgan fingerprint density at radius 2 is 2.33 bits per heavy atom. The van der Waals surface area contributed by atoms with E-state index in [4.69, 9.17) is 22.1 Å². The summed E-state index contributed by atoms with van der Waals surface area (Å²) in [6.45, 7) is 1.08. The zero-order chi connectivity index (χ0) is 19.6. The van der Waals surface area contributed by atoms with E-state index in [0.29, 0.717) is 0 Å². The predicted octanol–water partition coefficient (Wildman–Crippen LogP) is 2.74. The van der Waals surface area contributed by atoms with Gasteiger partial charge in [-0.2, -0.15) is 5.10 Å². The number of ether oxygens (including phenoxy) is 2. The highest BCUT2D eigenvalue weighted by Crippen LogP contribution is 2.42. The summed E-state index contributed by atoms with van der Waals surface area (Å²) in [7, 11) is 0. The number of carbonyl (C=O) groups is 1. The standard InChI is InChI=1S/C16H16ClF2N5O3/c1-2-26-11-4-3-8(22-14(25)12-10(17)6-21-24-12)5-9(11)13-16(18,19)7-27-15(20)23-13/h3-6,13H,2,7H2,1H3,(H2,20,23)(H,21,24)(H,22,25). The van der Waals surface area contributed by atoms with Crippen LogP contribution in [0.2, 0.25) is 5.02 Å². The molecule has 0 saturated carbocycles. The fourth-order valence-electron chi connectivity index (χ4n) is 2.56. The van der Waals surface area contributed by atoms with Crippen molar-refractivity contribution in [3.8, 4) is 5.75 Å². The summed E-state index contributed by atoms with van der Waals surface area (Å²) in [5, 5.41) is 8.82. The zero-order valence-corrected chi connectivity index (χ0v) is 14.9. The van der Waals surface area contributed by atoms with E-state index >= 15 is 0 Å². The molecule has 1 aliphatic rings. The van der Waals surface area contributed by atoms with Crippen LogP contribution < -0.4 is 15.8 Å². The van der Waals surface area contributed by atoms with E-state index in [1.54, 1.807) is 6.92 Å². The molecule has 0 saturated heterocycles. The molecule has 0 aliphatic carbocycles. The third kappa shape index (κ3) is 3.95. The van der Waals surface area contributed by atoms with E-state index in [9.17, 15) is 13.6 Å². The molecule has 0 spiro atoms. The number of anilines is 1. The van der Waals surface area contributed by atoms with Gasteiger partial charge in [0.1, 0.15) is 11.4 Å². The average Bonchev–Trinajstić information content (AvgIpc) is 3.05. The van der Waals surface area contributed by atoms with Gasteiger partial charge in [0.05, 0.1) is 17.8 Å². The number of nitrogens with one attached hydrogen (secondary N) is 2. The average molecular weight is 400 g/mol. The number of aromatic nitrogens is 2. The van der Waals surface area contributed by atoms with Crippen molar-refractivity contribution in [2.75, 3.05) is 18.5 Å². The Morgan fingerprint density at radius 3 is 3.00 bits per heavy atom. The molecule has 144 valence electrons. The number of nitrogens with zero attached hydrogens (tertiary/aromatic N) is 2. The Kier molecular flexibility index (Phi) is 5.17. The van der Waals surface area contributed by atoms with Crippen LogP contribution in [0.3, 0.4) is 0 Å². The summed E-state index contributed by atoms with van der Waals surface area (Å²) in [6, 6.07) is 2.39. The molecule has 2 aromatic rings. The number of aliphatic imine (C=N–C) groups is 1. The molecule has 27 heavy (non-hydrogen) atoms. The number of hydrogen-bond acceptors (Lipinski definition) is 6. The summed E-state index contributed by atoms with van der Waals surface area (Å²) in [5.41, 5.74) is 5.83. The topological polar surface area (TPSA) is 115 Å². The number of amidine groups is 1. The van der Waals surface area contributed by atoms with Crippen LogP contribution in [-0.2, 0) is 4.74 Å². The Balaban J connectivity index is 1.97. The number of benzene rings is 1. The number of nitrogens with two attached hydrogens (primary N) is 1. The number of rotatable bonds is 5. The number of H-pyrrole nitrogens is 1. The van der Waals surface area contributed by atoms with Crippen molar-refractivity contribution in [1.29, 1.82) is 0 Å². The largest absolute Gasteiger partial charge is 0.494 e. The molecule has 0 bridgehead atoms. The first-order valence-corrected chi connectivity index (χ1v) is 8.30. The molecular weight excluding hydrogens is 384 g/mol. The summed E-state index contributed by atoms with van der Waals surface area (Å²) in [4.78, 5) is 16.0. The number of hydrogen-bond donors (Lipinski definition) is 3. The highest BCUT2D eigenvalue weighted by atomic mass is 35.5. The molecule has 11 heteroatoms. The molecule has 4 N–H and O–H groups in total. The zero-order valence-electron chi connectivity index (χ0n) is 14.1. The van der Waals surface area contributed by atoms with Crippen molar-refractivity contribution in [3.05, 3.63) is 40.7 Å². The van der Waals surface area contributed by atoms with E-state index in [1.807, 2.05) is 0 Å². The smallest absolute Gasteiger partial charge is 0.307 e. The van der Waals surface area contributed by atoms with Gasteiger partial charge >= 0.3 is 5.92 Å². The van der Waals surface area contributed by atoms with Crippen LogP contribution in [-0.4, -0.2) is 41.3 Å². The van der Waals surface area contributed by atoms with Crippen LogP contribution in [0, 0.1) is 0 Å². The molecule has 8 nitrogen and oxygen atoms in total. The van der Waals surface area contributed by atoms with Crippen LogP contribution in [0.15, 0.2) is 29.4 Å². The van der Waals surface area contributed by atoms with Gasteiger partial charge in [-0.3, -0.25) is 9.89 Å². The molecule has 3 rings (SSSR count). The Bertz CT molecular complexity index is 887. The third-order valence-corrected chi connectivity index (χ3v) is 4.04. The van der Waals surface area contributed by atoms with Crippen molar-refractivity contribution in [2.24, 2.45) is 10.7 Å². The second-order valence-corrected chi connectivity index (χ2v) is 6.06. The Labute approximate surface area is 157 Å². The fraction of sp³-hybridized carbons (Fsp3) is 0.312. The lowest BCUT2D eigenvalue weighted by Crippen LogP contribution is -2.39. The normalized spacial score (nSPS) is 18.4. The quantitative estimate of drug-likeness (QED) is 0.715. The van der Waals surface area contributed by atoms with Crippen molar-refractivity contribution < 1.29 is 23.0 Å². The van der Waals surface area contributed by atoms with Crippen LogP contribution in [0.1, 0.15) is 29.0 Å². The molecule has 1 amide bonds. The van der Waals surface area contributed by atoms with Crippen molar-refractivity contribution in [1.82, 2.24) is 10.2 Å². The van der Waals surface area contributed by atoms with Gasteiger partial charge in [0.15, 0.2) is 12.6 Å². The van der Waals surface area contributed by atoms with E-state index < -0.39 is 24.5 Å². The molecule has 1 aliphatic heterocycles. The van der Waals surface area contributed by atoms with Crippen LogP contribution in [0.4, 0.5) is 14.5 Å². The van der Waals surface area contributed by atoms with Gasteiger partial charge in [-0.1, -0.05) is 11.6 Å². The molecule has 1 unspecified atom stereocenters. The van der Waals surface area contributed by atoms with Crippen LogP contribution in [0.5, 0.6) is 5.75 Å². The summed E-state index contributed by atoms with van der Waals surface area (Å²) >= 11 is 5.85. The van der Waals surface area contributed by atoms with Crippen molar-refractivity contribution >= 4 is 29.2 Å². The summed E-state index contributed by atoms with van der Waals surface area (Å²) in [5.74, 6) is -3.67. The maximum atomic E-state index is 14.4. The van der Waals surface area contributed by atoms with Crippen LogP contribution in [0.25, 0.3) is 0 Å². The Hall–Kier alpha value is -2.88. The highest BCUT2D eigenvalue weighted by molar-refractivity contribution is 6.34. The summed E-state index contributed by atoms with van der Waals surface area (Å²) < 4.78 is 38.8. The first-order valence-electron chi connectivity index (χ1n) is 7.92. The monoisotopic (exact) mass is 399 g/mol. The van der Waals surface area contributed by atoms with E-state index in [-0.39, 0.29) is 40.3 Å². The first kappa shape index (κ1) is 18.9.